The first-order chi connectivity index (χ1) is 7.27. The van der Waals surface area contributed by atoms with E-state index in [1.807, 2.05) is 0 Å². The van der Waals surface area contributed by atoms with Gasteiger partial charge in [-0.25, -0.2) is 5.90 Å². The molecule has 0 aliphatic heterocycles. The van der Waals surface area contributed by atoms with Crippen molar-refractivity contribution in [3.05, 3.63) is 29.8 Å². The number of ether oxygens (including phenoxy) is 1. The van der Waals surface area contributed by atoms with Gasteiger partial charge in [0.15, 0.2) is 0 Å². The Balaban J connectivity index is 2.50. The summed E-state index contributed by atoms with van der Waals surface area (Å²) in [5.41, 5.74) is 0.577. The van der Waals surface area contributed by atoms with E-state index in [0.29, 0.717) is 18.7 Å². The number of hydrogen-bond acceptors (Lipinski definition) is 4. The van der Waals surface area contributed by atoms with Crippen LogP contribution in [0.2, 0.25) is 0 Å². The van der Waals surface area contributed by atoms with Crippen LogP contribution in [-0.4, -0.2) is 26.2 Å². The first-order valence-corrected chi connectivity index (χ1v) is 4.52. The largest absolute Gasteiger partial charge is 0.497 e. The highest BCUT2D eigenvalue weighted by atomic mass is 16.6. The average molecular weight is 210 g/mol. The molecule has 0 heterocycles. The number of rotatable bonds is 5. The summed E-state index contributed by atoms with van der Waals surface area (Å²) in [5.74, 6) is 5.39. The van der Waals surface area contributed by atoms with Crippen molar-refractivity contribution in [3.63, 3.8) is 0 Å². The van der Waals surface area contributed by atoms with E-state index in [1.54, 1.807) is 31.4 Å². The number of nitrogens with two attached hydrogens (primary N) is 1. The normalized spacial score (nSPS) is 9.73. The zero-order chi connectivity index (χ0) is 11.1. The lowest BCUT2D eigenvalue weighted by atomic mass is 10.2. The zero-order valence-electron chi connectivity index (χ0n) is 8.53. The molecule has 0 aliphatic carbocycles. The summed E-state index contributed by atoms with van der Waals surface area (Å²) in [6.07, 6.45) is 0. The van der Waals surface area contributed by atoms with E-state index >= 15 is 0 Å². The molecule has 0 saturated heterocycles. The van der Waals surface area contributed by atoms with Gasteiger partial charge in [-0.1, -0.05) is 0 Å². The second kappa shape index (κ2) is 6.00. The fourth-order valence-corrected chi connectivity index (χ4v) is 1.07. The summed E-state index contributed by atoms with van der Waals surface area (Å²) in [5, 5.41) is 2.65. The highest BCUT2D eigenvalue weighted by Crippen LogP contribution is 2.10. The molecule has 82 valence electrons. The van der Waals surface area contributed by atoms with E-state index in [0.717, 1.165) is 5.75 Å². The van der Waals surface area contributed by atoms with Crippen LogP contribution in [0.1, 0.15) is 10.4 Å². The molecule has 0 aliphatic rings. The minimum absolute atomic E-state index is 0.158. The lowest BCUT2D eigenvalue weighted by Crippen LogP contribution is -2.27. The molecule has 1 rings (SSSR count). The maximum Gasteiger partial charge on any atom is 0.251 e. The molecule has 0 unspecified atom stereocenters. The van der Waals surface area contributed by atoms with Gasteiger partial charge in [0.25, 0.3) is 5.91 Å². The second-order valence-corrected chi connectivity index (χ2v) is 2.86. The molecule has 1 aromatic rings. The lowest BCUT2D eigenvalue weighted by molar-refractivity contribution is 0.0917. The van der Waals surface area contributed by atoms with Crippen molar-refractivity contribution in [1.82, 2.24) is 5.32 Å². The number of hydrogen-bond donors (Lipinski definition) is 2. The predicted octanol–water partition coefficient (Wildman–Crippen LogP) is 0.315. The number of carbonyl (C=O) groups excluding carboxylic acids is 1. The van der Waals surface area contributed by atoms with E-state index in [9.17, 15) is 4.79 Å². The summed E-state index contributed by atoms with van der Waals surface area (Å²) in [6, 6.07) is 6.84. The molecule has 0 fully saturated rings. The maximum atomic E-state index is 11.5. The van der Waals surface area contributed by atoms with Crippen LogP contribution in [0.3, 0.4) is 0 Å². The van der Waals surface area contributed by atoms with Crippen LogP contribution in [-0.2, 0) is 4.84 Å². The summed E-state index contributed by atoms with van der Waals surface area (Å²) in [7, 11) is 1.58. The van der Waals surface area contributed by atoms with Crippen LogP contribution in [0.15, 0.2) is 24.3 Å². The third-order valence-corrected chi connectivity index (χ3v) is 1.86. The van der Waals surface area contributed by atoms with Gasteiger partial charge in [-0.3, -0.25) is 4.79 Å². The summed E-state index contributed by atoms with van der Waals surface area (Å²) < 4.78 is 4.98. The summed E-state index contributed by atoms with van der Waals surface area (Å²) >= 11 is 0. The van der Waals surface area contributed by atoms with Crippen molar-refractivity contribution >= 4 is 5.91 Å². The number of carbonyl (C=O) groups is 1. The molecule has 1 aromatic carbocycles. The van der Waals surface area contributed by atoms with Gasteiger partial charge in [0.05, 0.1) is 13.7 Å². The van der Waals surface area contributed by atoms with Gasteiger partial charge in [0.1, 0.15) is 5.75 Å². The van der Waals surface area contributed by atoms with E-state index < -0.39 is 0 Å². The average Bonchev–Trinajstić information content (AvgIpc) is 2.29. The molecule has 0 radical (unpaired) electrons. The van der Waals surface area contributed by atoms with Crippen LogP contribution < -0.4 is 16.0 Å². The Bertz CT molecular complexity index is 311. The summed E-state index contributed by atoms with van der Waals surface area (Å²) in [4.78, 5) is 15.8. The quantitative estimate of drug-likeness (QED) is 0.542. The van der Waals surface area contributed by atoms with Crippen molar-refractivity contribution in [2.75, 3.05) is 20.3 Å². The number of amides is 1. The van der Waals surface area contributed by atoms with Gasteiger partial charge in [-0.15, -0.1) is 0 Å². The molecule has 0 bridgehead atoms. The Morgan fingerprint density at radius 1 is 1.40 bits per heavy atom. The second-order valence-electron chi connectivity index (χ2n) is 2.86. The Morgan fingerprint density at radius 2 is 2.07 bits per heavy atom. The lowest BCUT2D eigenvalue weighted by Gasteiger charge is -2.04. The SMILES string of the molecule is COc1ccc(C(=O)NCCON)cc1. The van der Waals surface area contributed by atoms with Gasteiger partial charge in [0, 0.05) is 12.1 Å². The van der Waals surface area contributed by atoms with Crippen molar-refractivity contribution in [3.8, 4) is 5.75 Å². The molecule has 1 amide bonds. The monoisotopic (exact) mass is 210 g/mol. The van der Waals surface area contributed by atoms with E-state index in [2.05, 4.69) is 10.2 Å². The Labute approximate surface area is 88.1 Å². The van der Waals surface area contributed by atoms with Gasteiger partial charge in [-0.05, 0) is 24.3 Å². The van der Waals surface area contributed by atoms with Crippen molar-refractivity contribution < 1.29 is 14.4 Å². The van der Waals surface area contributed by atoms with E-state index in [-0.39, 0.29) is 5.91 Å². The van der Waals surface area contributed by atoms with Crippen molar-refractivity contribution in [2.45, 2.75) is 0 Å². The maximum absolute atomic E-state index is 11.5. The minimum atomic E-state index is -0.158. The number of methoxy groups -OCH3 is 1. The van der Waals surface area contributed by atoms with Gasteiger partial charge in [0.2, 0.25) is 0 Å². The third-order valence-electron chi connectivity index (χ3n) is 1.86. The van der Waals surface area contributed by atoms with Gasteiger partial charge < -0.3 is 14.9 Å². The molecule has 0 saturated carbocycles. The Hall–Kier alpha value is -1.59. The Morgan fingerprint density at radius 3 is 2.60 bits per heavy atom. The van der Waals surface area contributed by atoms with Crippen LogP contribution in [0.25, 0.3) is 0 Å². The molecule has 3 N–H and O–H groups in total. The minimum Gasteiger partial charge on any atom is -0.497 e. The highest BCUT2D eigenvalue weighted by Gasteiger charge is 2.03. The first-order valence-electron chi connectivity index (χ1n) is 4.52. The fraction of sp³-hybridized carbons (Fsp3) is 0.300. The predicted molar refractivity (Wildman–Crippen MR) is 55.5 cm³/mol. The fourth-order valence-electron chi connectivity index (χ4n) is 1.07. The Kier molecular flexibility index (Phi) is 4.59. The summed E-state index contributed by atoms with van der Waals surface area (Å²) in [6.45, 7) is 0.684. The van der Waals surface area contributed by atoms with Crippen LogP contribution >= 0.6 is 0 Å². The van der Waals surface area contributed by atoms with Crippen molar-refractivity contribution in [2.24, 2.45) is 5.90 Å². The molecule has 0 aromatic heterocycles. The van der Waals surface area contributed by atoms with Crippen LogP contribution in [0, 0.1) is 0 Å². The standard InChI is InChI=1S/C10H14N2O3/c1-14-9-4-2-8(3-5-9)10(13)12-6-7-15-11/h2-5H,6-7,11H2,1H3,(H,12,13). The van der Waals surface area contributed by atoms with E-state index in [4.69, 9.17) is 10.6 Å². The topological polar surface area (TPSA) is 73.6 Å². The molecule has 0 spiro atoms. The number of nitrogens with one attached hydrogen (secondary N) is 1. The van der Waals surface area contributed by atoms with Gasteiger partial charge in [-0.2, -0.15) is 0 Å². The van der Waals surface area contributed by atoms with Crippen LogP contribution in [0.4, 0.5) is 0 Å². The molecule has 15 heavy (non-hydrogen) atoms. The molecule has 5 heteroatoms. The molecular formula is C10H14N2O3. The molecule has 0 atom stereocenters. The van der Waals surface area contributed by atoms with Gasteiger partial charge >= 0.3 is 0 Å². The van der Waals surface area contributed by atoms with Crippen LogP contribution in [0.5, 0.6) is 5.75 Å². The first kappa shape index (κ1) is 11.5. The van der Waals surface area contributed by atoms with E-state index in [1.165, 1.54) is 0 Å². The third kappa shape index (κ3) is 3.57. The number of benzene rings is 1. The highest BCUT2D eigenvalue weighted by molar-refractivity contribution is 5.94. The van der Waals surface area contributed by atoms with Crippen molar-refractivity contribution in [1.29, 1.82) is 0 Å². The smallest absolute Gasteiger partial charge is 0.251 e. The molecular weight excluding hydrogens is 196 g/mol. The zero-order valence-corrected chi connectivity index (χ0v) is 8.53. The molecule has 5 nitrogen and oxygen atoms in total.